The Labute approximate surface area is 132 Å². The molecule has 0 bridgehead atoms. The van der Waals surface area contributed by atoms with E-state index in [-0.39, 0.29) is 12.2 Å². The Hall–Kier alpha value is -0.820. The highest BCUT2D eigenvalue weighted by atomic mass is 79.9. The molecule has 2 aromatic carbocycles. The van der Waals surface area contributed by atoms with Crippen molar-refractivity contribution in [3.63, 3.8) is 0 Å². The van der Waals surface area contributed by atoms with Crippen LogP contribution in [-0.4, -0.2) is 0 Å². The minimum absolute atomic E-state index is 0.245. The first-order chi connectivity index (χ1) is 9.52. The number of halogens is 4. The molecule has 0 heterocycles. The molecule has 20 heavy (non-hydrogen) atoms. The van der Waals surface area contributed by atoms with E-state index in [0.29, 0.717) is 15.6 Å². The maximum Gasteiger partial charge on any atom is 0.142 e. The van der Waals surface area contributed by atoms with Crippen molar-refractivity contribution in [2.45, 2.75) is 12.5 Å². The number of hydrazine groups is 1. The molecule has 106 valence electrons. The topological polar surface area (TPSA) is 38.0 Å². The summed E-state index contributed by atoms with van der Waals surface area (Å²) in [5.41, 5.74) is 3.39. The van der Waals surface area contributed by atoms with E-state index in [1.807, 2.05) is 0 Å². The molecule has 1 unspecified atom stereocenters. The number of hydrogen-bond donors (Lipinski definition) is 2. The summed E-state index contributed by atoms with van der Waals surface area (Å²) in [6, 6.07) is 9.07. The highest BCUT2D eigenvalue weighted by Gasteiger charge is 2.18. The summed E-state index contributed by atoms with van der Waals surface area (Å²) in [4.78, 5) is 0. The zero-order valence-corrected chi connectivity index (χ0v) is 13.5. The second kappa shape index (κ2) is 6.76. The SMILES string of the molecule is NNC(Cc1cc(Br)ccc1F)c1cccc(Br)c1F. The van der Waals surface area contributed by atoms with E-state index in [4.69, 9.17) is 5.84 Å². The van der Waals surface area contributed by atoms with Crippen LogP contribution >= 0.6 is 31.9 Å². The zero-order chi connectivity index (χ0) is 14.7. The zero-order valence-electron chi connectivity index (χ0n) is 10.3. The molecule has 6 heteroatoms. The molecule has 0 spiro atoms. The lowest BCUT2D eigenvalue weighted by Crippen LogP contribution is -2.30. The van der Waals surface area contributed by atoms with E-state index in [9.17, 15) is 8.78 Å². The van der Waals surface area contributed by atoms with Gasteiger partial charge in [-0.1, -0.05) is 28.1 Å². The van der Waals surface area contributed by atoms with E-state index in [1.54, 1.807) is 30.3 Å². The average molecular weight is 406 g/mol. The Morgan fingerprint density at radius 2 is 1.90 bits per heavy atom. The van der Waals surface area contributed by atoms with Gasteiger partial charge in [0.05, 0.1) is 10.5 Å². The van der Waals surface area contributed by atoms with Crippen LogP contribution in [-0.2, 0) is 6.42 Å². The maximum atomic E-state index is 14.1. The smallest absolute Gasteiger partial charge is 0.142 e. The van der Waals surface area contributed by atoms with Crippen LogP contribution in [0.25, 0.3) is 0 Å². The molecule has 0 aliphatic rings. The second-order valence-corrected chi connectivity index (χ2v) is 6.07. The molecule has 0 amide bonds. The van der Waals surface area contributed by atoms with Gasteiger partial charge >= 0.3 is 0 Å². The summed E-state index contributed by atoms with van der Waals surface area (Å²) in [5.74, 6) is 4.75. The van der Waals surface area contributed by atoms with E-state index >= 15 is 0 Å². The van der Waals surface area contributed by atoms with Crippen LogP contribution in [0.15, 0.2) is 45.3 Å². The maximum absolute atomic E-state index is 14.1. The van der Waals surface area contributed by atoms with E-state index in [2.05, 4.69) is 37.3 Å². The molecule has 0 aromatic heterocycles. The molecule has 2 aromatic rings. The second-order valence-electron chi connectivity index (χ2n) is 4.30. The van der Waals surface area contributed by atoms with Gasteiger partial charge in [-0.25, -0.2) is 8.78 Å². The monoisotopic (exact) mass is 404 g/mol. The highest BCUT2D eigenvalue weighted by Crippen LogP contribution is 2.27. The van der Waals surface area contributed by atoms with Crippen LogP contribution in [0.3, 0.4) is 0 Å². The Kier molecular flexibility index (Phi) is 5.26. The summed E-state index contributed by atoms with van der Waals surface area (Å²) in [5, 5.41) is 0. The van der Waals surface area contributed by atoms with E-state index < -0.39 is 11.9 Å². The van der Waals surface area contributed by atoms with Crippen molar-refractivity contribution in [3.8, 4) is 0 Å². The first-order valence-corrected chi connectivity index (χ1v) is 7.45. The van der Waals surface area contributed by atoms with Gasteiger partial charge in [0.15, 0.2) is 0 Å². The fourth-order valence-electron chi connectivity index (χ4n) is 1.97. The predicted octanol–water partition coefficient (Wildman–Crippen LogP) is 4.24. The third-order valence-corrected chi connectivity index (χ3v) is 4.10. The summed E-state index contributed by atoms with van der Waals surface area (Å²) in [6.45, 7) is 0. The quantitative estimate of drug-likeness (QED) is 0.589. The van der Waals surface area contributed by atoms with Crippen molar-refractivity contribution >= 4 is 31.9 Å². The van der Waals surface area contributed by atoms with Crippen LogP contribution in [0.1, 0.15) is 17.2 Å². The fourth-order valence-corrected chi connectivity index (χ4v) is 2.76. The Morgan fingerprint density at radius 1 is 1.15 bits per heavy atom. The van der Waals surface area contributed by atoms with E-state index in [0.717, 1.165) is 4.47 Å². The number of nitrogens with two attached hydrogens (primary N) is 1. The third-order valence-electron chi connectivity index (χ3n) is 2.99. The van der Waals surface area contributed by atoms with Gasteiger partial charge < -0.3 is 0 Å². The summed E-state index contributed by atoms with van der Waals surface area (Å²) in [6.07, 6.45) is 0.245. The number of benzene rings is 2. The van der Waals surface area contributed by atoms with E-state index in [1.165, 1.54) is 6.07 Å². The number of hydrogen-bond acceptors (Lipinski definition) is 2. The number of nitrogens with one attached hydrogen (secondary N) is 1. The number of rotatable bonds is 4. The summed E-state index contributed by atoms with van der Waals surface area (Å²) >= 11 is 6.42. The third kappa shape index (κ3) is 3.44. The van der Waals surface area contributed by atoms with Gasteiger partial charge in [0.25, 0.3) is 0 Å². The lowest BCUT2D eigenvalue weighted by atomic mass is 9.98. The van der Waals surface area contributed by atoms with Crippen LogP contribution in [0.2, 0.25) is 0 Å². The Balaban J connectivity index is 2.34. The molecule has 0 fully saturated rings. The van der Waals surface area contributed by atoms with Crippen LogP contribution in [0, 0.1) is 11.6 Å². The van der Waals surface area contributed by atoms with Gasteiger partial charge in [-0.2, -0.15) is 0 Å². The molecule has 0 saturated heterocycles. The molecule has 2 rings (SSSR count). The van der Waals surface area contributed by atoms with Crippen molar-refractivity contribution in [2.75, 3.05) is 0 Å². The van der Waals surface area contributed by atoms with Crippen molar-refractivity contribution in [1.82, 2.24) is 5.43 Å². The van der Waals surface area contributed by atoms with Crippen molar-refractivity contribution < 1.29 is 8.78 Å². The first kappa shape index (κ1) is 15.6. The molecular formula is C14H12Br2F2N2. The molecule has 1 atom stereocenters. The Bertz CT molecular complexity index is 620. The Morgan fingerprint density at radius 3 is 2.60 bits per heavy atom. The highest BCUT2D eigenvalue weighted by molar-refractivity contribution is 9.10. The molecule has 0 saturated carbocycles. The predicted molar refractivity (Wildman–Crippen MR) is 82.0 cm³/mol. The minimum atomic E-state index is -0.517. The fraction of sp³-hybridized carbons (Fsp3) is 0.143. The van der Waals surface area contributed by atoms with Crippen LogP contribution in [0.4, 0.5) is 8.78 Å². The summed E-state index contributed by atoms with van der Waals surface area (Å²) in [7, 11) is 0. The molecule has 3 N–H and O–H groups in total. The molecule has 2 nitrogen and oxygen atoms in total. The van der Waals surface area contributed by atoms with Gasteiger partial charge in [0, 0.05) is 10.0 Å². The van der Waals surface area contributed by atoms with Crippen molar-refractivity contribution in [3.05, 3.63) is 68.1 Å². The van der Waals surface area contributed by atoms with Crippen molar-refractivity contribution in [1.29, 1.82) is 0 Å². The minimum Gasteiger partial charge on any atom is -0.271 e. The molecular weight excluding hydrogens is 394 g/mol. The molecule has 0 aliphatic heterocycles. The summed E-state index contributed by atoms with van der Waals surface area (Å²) < 4.78 is 29.0. The lowest BCUT2D eigenvalue weighted by Gasteiger charge is -2.18. The normalized spacial score (nSPS) is 12.4. The standard InChI is InChI=1S/C14H12Br2F2N2/c15-9-4-5-12(17)8(6-9)7-13(20-19)10-2-1-3-11(16)14(10)18/h1-6,13,20H,7,19H2. The average Bonchev–Trinajstić information content (AvgIpc) is 2.43. The van der Waals surface area contributed by atoms with Gasteiger partial charge in [-0.05, 0) is 52.2 Å². The van der Waals surface area contributed by atoms with Crippen LogP contribution < -0.4 is 11.3 Å². The molecule has 0 aliphatic carbocycles. The first-order valence-electron chi connectivity index (χ1n) is 5.87. The van der Waals surface area contributed by atoms with Gasteiger partial charge in [-0.15, -0.1) is 0 Å². The van der Waals surface area contributed by atoms with Crippen LogP contribution in [0.5, 0.6) is 0 Å². The molecule has 0 radical (unpaired) electrons. The van der Waals surface area contributed by atoms with Crippen molar-refractivity contribution in [2.24, 2.45) is 5.84 Å². The van der Waals surface area contributed by atoms with Gasteiger partial charge in [0.1, 0.15) is 11.6 Å². The van der Waals surface area contributed by atoms with Gasteiger partial charge in [0.2, 0.25) is 0 Å². The van der Waals surface area contributed by atoms with Gasteiger partial charge in [-0.3, -0.25) is 11.3 Å². The lowest BCUT2D eigenvalue weighted by molar-refractivity contribution is 0.496. The largest absolute Gasteiger partial charge is 0.271 e.